The number of hydrogen-bond donors (Lipinski definition) is 1. The monoisotopic (exact) mass is 225 g/mol. The Kier molecular flexibility index (Phi) is 3.66. The first-order chi connectivity index (χ1) is 7.33. The molecule has 3 heteroatoms. The van der Waals surface area contributed by atoms with Crippen LogP contribution in [0.2, 0.25) is 0 Å². The van der Waals surface area contributed by atoms with Gasteiger partial charge in [0.1, 0.15) is 5.60 Å². The molecule has 0 aromatic heterocycles. The number of amides is 1. The fourth-order valence-corrected chi connectivity index (χ4v) is 2.05. The molecule has 0 saturated heterocycles. The van der Waals surface area contributed by atoms with Crippen LogP contribution >= 0.6 is 0 Å². The van der Waals surface area contributed by atoms with Crippen molar-refractivity contribution in [1.82, 2.24) is 5.32 Å². The van der Waals surface area contributed by atoms with E-state index in [4.69, 9.17) is 4.74 Å². The molecule has 1 rings (SSSR count). The van der Waals surface area contributed by atoms with Crippen LogP contribution in [-0.4, -0.2) is 17.2 Å². The molecule has 0 spiro atoms. The van der Waals surface area contributed by atoms with Crippen molar-refractivity contribution in [2.75, 3.05) is 0 Å². The van der Waals surface area contributed by atoms with Crippen LogP contribution in [0.25, 0.3) is 0 Å². The highest BCUT2D eigenvalue weighted by Gasteiger charge is 2.52. The van der Waals surface area contributed by atoms with Crippen molar-refractivity contribution in [3.05, 3.63) is 12.2 Å². The summed E-state index contributed by atoms with van der Waals surface area (Å²) in [6.45, 7) is 9.74. The molecule has 0 aromatic rings. The molecule has 3 nitrogen and oxygen atoms in total. The summed E-state index contributed by atoms with van der Waals surface area (Å²) in [7, 11) is 0. The molecule has 1 aliphatic rings. The Morgan fingerprint density at radius 2 is 2.19 bits per heavy atom. The minimum Gasteiger partial charge on any atom is -0.444 e. The minimum atomic E-state index is -0.433. The van der Waals surface area contributed by atoms with Crippen molar-refractivity contribution in [2.24, 2.45) is 5.92 Å². The lowest BCUT2D eigenvalue weighted by Crippen LogP contribution is -2.40. The second kappa shape index (κ2) is 4.48. The van der Waals surface area contributed by atoms with E-state index in [1.165, 1.54) is 0 Å². The van der Waals surface area contributed by atoms with Crippen LogP contribution in [0.4, 0.5) is 4.79 Å². The predicted molar refractivity (Wildman–Crippen MR) is 65.3 cm³/mol. The molecule has 1 amide bonds. The first kappa shape index (κ1) is 13.1. The van der Waals surface area contributed by atoms with Crippen LogP contribution in [0.3, 0.4) is 0 Å². The third kappa shape index (κ3) is 3.26. The van der Waals surface area contributed by atoms with Gasteiger partial charge in [0, 0.05) is 0 Å². The zero-order valence-corrected chi connectivity index (χ0v) is 11.0. The molecule has 0 bridgehead atoms. The average Bonchev–Trinajstić information content (AvgIpc) is 2.75. The van der Waals surface area contributed by atoms with Crippen LogP contribution in [-0.2, 0) is 4.74 Å². The Hall–Kier alpha value is -0.990. The van der Waals surface area contributed by atoms with Gasteiger partial charge in [0.25, 0.3) is 0 Å². The van der Waals surface area contributed by atoms with Crippen LogP contribution < -0.4 is 5.32 Å². The van der Waals surface area contributed by atoms with E-state index >= 15 is 0 Å². The Balaban J connectivity index is 2.55. The van der Waals surface area contributed by atoms with Gasteiger partial charge < -0.3 is 10.1 Å². The molecule has 1 fully saturated rings. The zero-order chi connectivity index (χ0) is 12.4. The maximum absolute atomic E-state index is 11.7. The van der Waals surface area contributed by atoms with E-state index in [9.17, 15) is 4.79 Å². The van der Waals surface area contributed by atoms with Crippen molar-refractivity contribution in [3.8, 4) is 0 Å². The second-order valence-electron chi connectivity index (χ2n) is 5.48. The van der Waals surface area contributed by atoms with Crippen molar-refractivity contribution in [3.63, 3.8) is 0 Å². The molecule has 2 atom stereocenters. The van der Waals surface area contributed by atoms with E-state index in [0.29, 0.717) is 5.92 Å². The van der Waals surface area contributed by atoms with Gasteiger partial charge in [0.2, 0.25) is 0 Å². The standard InChI is InChI=1S/C13H23NO2/c1-6-8-13(9-10(13)7-2)14-11(15)16-12(3,4)5/h6,8,10H,7,9H2,1-5H3,(H,14,15)/b8-6-/t10-,13+/m0/s1. The maximum atomic E-state index is 11.7. The summed E-state index contributed by atoms with van der Waals surface area (Å²) < 4.78 is 5.27. The Morgan fingerprint density at radius 3 is 2.56 bits per heavy atom. The molecule has 1 saturated carbocycles. The van der Waals surface area contributed by atoms with Crippen LogP contribution in [0.1, 0.15) is 47.5 Å². The summed E-state index contributed by atoms with van der Waals surface area (Å²) in [4.78, 5) is 11.7. The lowest BCUT2D eigenvalue weighted by atomic mass is 10.1. The first-order valence-corrected chi connectivity index (χ1v) is 5.98. The first-order valence-electron chi connectivity index (χ1n) is 5.98. The molecular weight excluding hydrogens is 202 g/mol. The molecule has 16 heavy (non-hydrogen) atoms. The number of hydrogen-bond acceptors (Lipinski definition) is 2. The molecule has 0 unspecified atom stereocenters. The van der Waals surface area contributed by atoms with Crippen molar-refractivity contribution >= 4 is 6.09 Å². The smallest absolute Gasteiger partial charge is 0.408 e. The number of carbonyl (C=O) groups excluding carboxylic acids is 1. The number of alkyl carbamates (subject to hydrolysis) is 1. The van der Waals surface area contributed by atoms with Gasteiger partial charge >= 0.3 is 6.09 Å². The Bertz CT molecular complexity index is 291. The highest BCUT2D eigenvalue weighted by molar-refractivity contribution is 5.70. The lowest BCUT2D eigenvalue weighted by molar-refractivity contribution is 0.0504. The summed E-state index contributed by atoms with van der Waals surface area (Å²) >= 11 is 0. The second-order valence-corrected chi connectivity index (χ2v) is 5.48. The van der Waals surface area contributed by atoms with Gasteiger partial charge in [0.05, 0.1) is 5.54 Å². The summed E-state index contributed by atoms with van der Waals surface area (Å²) in [5.74, 6) is 0.552. The van der Waals surface area contributed by atoms with E-state index in [1.54, 1.807) is 0 Å². The highest BCUT2D eigenvalue weighted by atomic mass is 16.6. The van der Waals surface area contributed by atoms with Gasteiger partial charge in [-0.2, -0.15) is 0 Å². The molecule has 1 N–H and O–H groups in total. The number of rotatable bonds is 3. The minimum absolute atomic E-state index is 0.147. The van der Waals surface area contributed by atoms with Gasteiger partial charge in [0.15, 0.2) is 0 Å². The van der Waals surface area contributed by atoms with Crippen molar-refractivity contribution in [2.45, 2.75) is 58.6 Å². The average molecular weight is 225 g/mol. The molecule has 92 valence electrons. The summed E-state index contributed by atoms with van der Waals surface area (Å²) in [5, 5.41) is 2.98. The van der Waals surface area contributed by atoms with E-state index in [2.05, 4.69) is 18.3 Å². The number of carbonyl (C=O) groups is 1. The Morgan fingerprint density at radius 1 is 1.56 bits per heavy atom. The van der Waals surface area contributed by atoms with Crippen LogP contribution in [0.15, 0.2) is 12.2 Å². The van der Waals surface area contributed by atoms with E-state index in [0.717, 1.165) is 12.8 Å². The van der Waals surface area contributed by atoms with E-state index in [-0.39, 0.29) is 11.6 Å². The van der Waals surface area contributed by atoms with Crippen molar-refractivity contribution in [1.29, 1.82) is 0 Å². The SMILES string of the molecule is C/C=C\[C@@]1(NC(=O)OC(C)(C)C)C[C@@H]1CC. The topological polar surface area (TPSA) is 38.3 Å². The summed E-state index contributed by atoms with van der Waals surface area (Å²) in [6.07, 6.45) is 5.85. The largest absolute Gasteiger partial charge is 0.444 e. The van der Waals surface area contributed by atoms with Gasteiger partial charge in [-0.05, 0) is 40.0 Å². The highest BCUT2D eigenvalue weighted by Crippen LogP contribution is 2.47. The van der Waals surface area contributed by atoms with Crippen molar-refractivity contribution < 1.29 is 9.53 Å². The van der Waals surface area contributed by atoms with Gasteiger partial charge in [-0.15, -0.1) is 0 Å². The predicted octanol–water partition coefficient (Wildman–Crippen LogP) is 3.26. The molecule has 0 aliphatic heterocycles. The lowest BCUT2D eigenvalue weighted by Gasteiger charge is -2.22. The molecule has 0 aromatic carbocycles. The number of nitrogens with one attached hydrogen (secondary N) is 1. The zero-order valence-electron chi connectivity index (χ0n) is 11.0. The fourth-order valence-electron chi connectivity index (χ4n) is 2.05. The quantitative estimate of drug-likeness (QED) is 0.749. The third-order valence-corrected chi connectivity index (χ3v) is 2.84. The van der Waals surface area contributed by atoms with Crippen LogP contribution in [0, 0.1) is 5.92 Å². The fraction of sp³-hybridized carbons (Fsp3) is 0.769. The molecule has 0 radical (unpaired) electrons. The van der Waals surface area contributed by atoms with Gasteiger partial charge in [-0.25, -0.2) is 4.79 Å². The van der Waals surface area contributed by atoms with E-state index in [1.807, 2.05) is 33.8 Å². The molecule has 1 aliphatic carbocycles. The number of allylic oxidation sites excluding steroid dienone is 1. The third-order valence-electron chi connectivity index (χ3n) is 2.84. The number of ether oxygens (including phenoxy) is 1. The van der Waals surface area contributed by atoms with Crippen LogP contribution in [0.5, 0.6) is 0 Å². The maximum Gasteiger partial charge on any atom is 0.408 e. The normalized spacial score (nSPS) is 29.2. The van der Waals surface area contributed by atoms with Gasteiger partial charge in [-0.1, -0.05) is 25.5 Å². The van der Waals surface area contributed by atoms with Gasteiger partial charge in [-0.3, -0.25) is 0 Å². The summed E-state index contributed by atoms with van der Waals surface area (Å²) in [5.41, 5.74) is -0.580. The molecular formula is C13H23NO2. The Labute approximate surface area is 98.2 Å². The van der Waals surface area contributed by atoms with E-state index < -0.39 is 5.60 Å². The summed E-state index contributed by atoms with van der Waals surface area (Å²) in [6, 6.07) is 0. The molecule has 0 heterocycles.